The summed E-state index contributed by atoms with van der Waals surface area (Å²) in [5.41, 5.74) is 2.89. The molecule has 0 unspecified atom stereocenters. The average Bonchev–Trinajstić information content (AvgIpc) is 2.97. The van der Waals surface area contributed by atoms with Crippen LogP contribution in [0.5, 0.6) is 0 Å². The van der Waals surface area contributed by atoms with Gasteiger partial charge in [-0.05, 0) is 78.8 Å². The molecule has 2 aromatic rings. The third-order valence-electron chi connectivity index (χ3n) is 5.11. The zero-order valence-electron chi connectivity index (χ0n) is 17.1. The second-order valence-corrected chi connectivity index (χ2v) is 8.17. The van der Waals surface area contributed by atoms with Crippen LogP contribution in [0.15, 0.2) is 24.4 Å². The predicted octanol–water partition coefficient (Wildman–Crippen LogP) is 3.73. The lowest BCUT2D eigenvalue weighted by molar-refractivity contribution is 0.00578. The van der Waals surface area contributed by atoms with E-state index in [1.54, 1.807) is 0 Å². The number of rotatable bonds is 3. The van der Waals surface area contributed by atoms with E-state index in [1.807, 2.05) is 6.20 Å². The van der Waals surface area contributed by atoms with E-state index < -0.39 is 0 Å². The van der Waals surface area contributed by atoms with Gasteiger partial charge in [0.05, 0.1) is 11.2 Å². The summed E-state index contributed by atoms with van der Waals surface area (Å²) in [4.78, 5) is 5.44. The van der Waals surface area contributed by atoms with E-state index in [0.717, 1.165) is 11.0 Å². The van der Waals surface area contributed by atoms with Crippen LogP contribution >= 0.6 is 0 Å². The van der Waals surface area contributed by atoms with Gasteiger partial charge in [-0.25, -0.2) is 0 Å². The van der Waals surface area contributed by atoms with E-state index in [-0.39, 0.29) is 18.3 Å². The van der Waals surface area contributed by atoms with Crippen molar-refractivity contribution in [1.29, 1.82) is 0 Å². The molecule has 1 aromatic heterocycles. The van der Waals surface area contributed by atoms with Crippen LogP contribution in [-0.2, 0) is 9.31 Å². The smallest absolute Gasteiger partial charge is 0.399 e. The number of H-pyrrole nitrogens is 1. The summed E-state index contributed by atoms with van der Waals surface area (Å²) in [7, 11) is 3.89. The third-order valence-corrected chi connectivity index (χ3v) is 5.11. The summed E-state index contributed by atoms with van der Waals surface area (Å²) in [6.07, 6.45) is 3.28. The standard InChI is InChI=1S/C15H20BNO2.C5H13N/c1-10-9-17-13-7-6-11(8-12(10)13)16-18-14(2,3)15(4,5)19-16;1-4-5-6(2)3/h6-9,17H,1-5H3;4-5H2,1-3H3. The number of hydrogen-bond acceptors (Lipinski definition) is 3. The maximum atomic E-state index is 6.08. The average molecular weight is 344 g/mol. The first-order chi connectivity index (χ1) is 11.6. The topological polar surface area (TPSA) is 37.5 Å². The maximum absolute atomic E-state index is 6.08. The SMILES string of the molecule is CCCN(C)C.Cc1c[nH]c2ccc(B3OC(C)(C)C(C)(C)O3)cc12. The quantitative estimate of drug-likeness (QED) is 0.862. The lowest BCUT2D eigenvalue weighted by Crippen LogP contribution is -2.41. The van der Waals surface area contributed by atoms with Gasteiger partial charge in [-0.2, -0.15) is 0 Å². The van der Waals surface area contributed by atoms with Crippen molar-refractivity contribution >= 4 is 23.5 Å². The number of hydrogen-bond donors (Lipinski definition) is 1. The molecule has 3 rings (SSSR count). The molecule has 0 atom stereocenters. The minimum absolute atomic E-state index is 0.288. The fourth-order valence-electron chi connectivity index (χ4n) is 2.85. The Kier molecular flexibility index (Phi) is 6.03. The van der Waals surface area contributed by atoms with E-state index >= 15 is 0 Å². The monoisotopic (exact) mass is 344 g/mol. The zero-order chi connectivity index (χ0) is 18.8. The highest BCUT2D eigenvalue weighted by Crippen LogP contribution is 2.36. The molecule has 1 saturated heterocycles. The van der Waals surface area contributed by atoms with E-state index in [4.69, 9.17) is 9.31 Å². The molecule has 4 nitrogen and oxygen atoms in total. The molecule has 0 aliphatic carbocycles. The van der Waals surface area contributed by atoms with E-state index in [0.29, 0.717) is 0 Å². The summed E-state index contributed by atoms with van der Waals surface area (Å²) in [5, 5.41) is 1.23. The van der Waals surface area contributed by atoms with Crippen LogP contribution in [0.4, 0.5) is 0 Å². The van der Waals surface area contributed by atoms with Crippen molar-refractivity contribution in [2.24, 2.45) is 0 Å². The molecule has 25 heavy (non-hydrogen) atoms. The van der Waals surface area contributed by atoms with Crippen molar-refractivity contribution in [2.75, 3.05) is 20.6 Å². The van der Waals surface area contributed by atoms with Gasteiger partial charge in [-0.1, -0.05) is 19.1 Å². The van der Waals surface area contributed by atoms with Crippen molar-refractivity contribution in [3.63, 3.8) is 0 Å². The van der Waals surface area contributed by atoms with E-state index in [2.05, 4.69) is 83.7 Å². The second kappa shape index (κ2) is 7.52. The van der Waals surface area contributed by atoms with Crippen LogP contribution in [0, 0.1) is 6.92 Å². The molecule has 1 aliphatic rings. The Morgan fingerprint density at radius 1 is 1.08 bits per heavy atom. The van der Waals surface area contributed by atoms with Gasteiger partial charge in [0, 0.05) is 17.1 Å². The predicted molar refractivity (Wildman–Crippen MR) is 108 cm³/mol. The fraction of sp³-hybridized carbons (Fsp3) is 0.600. The maximum Gasteiger partial charge on any atom is 0.494 e. The van der Waals surface area contributed by atoms with Gasteiger partial charge >= 0.3 is 7.12 Å². The van der Waals surface area contributed by atoms with Gasteiger partial charge in [0.2, 0.25) is 0 Å². The lowest BCUT2D eigenvalue weighted by atomic mass is 9.78. The van der Waals surface area contributed by atoms with Crippen LogP contribution in [0.25, 0.3) is 10.9 Å². The number of nitrogens with one attached hydrogen (secondary N) is 1. The molecule has 0 amide bonds. The second-order valence-electron chi connectivity index (χ2n) is 8.17. The van der Waals surface area contributed by atoms with Crippen molar-refractivity contribution in [3.05, 3.63) is 30.0 Å². The van der Waals surface area contributed by atoms with Gasteiger partial charge in [0.1, 0.15) is 0 Å². The number of aryl methyl sites for hydroxylation is 1. The van der Waals surface area contributed by atoms with Crippen LogP contribution in [0.3, 0.4) is 0 Å². The molecular formula is C20H33BN2O2. The van der Waals surface area contributed by atoms with Crippen LogP contribution in [0.1, 0.15) is 46.6 Å². The highest BCUT2D eigenvalue weighted by molar-refractivity contribution is 6.62. The Balaban J connectivity index is 0.000000326. The first-order valence-electron chi connectivity index (χ1n) is 9.15. The first-order valence-corrected chi connectivity index (χ1v) is 9.15. The summed E-state index contributed by atoms with van der Waals surface area (Å²) in [5.74, 6) is 0. The van der Waals surface area contributed by atoms with E-state index in [1.165, 1.54) is 23.9 Å². The molecule has 2 heterocycles. The van der Waals surface area contributed by atoms with Crippen molar-refractivity contribution < 1.29 is 9.31 Å². The van der Waals surface area contributed by atoms with Gasteiger partial charge in [0.15, 0.2) is 0 Å². The van der Waals surface area contributed by atoms with Crippen molar-refractivity contribution in [2.45, 2.75) is 59.2 Å². The largest absolute Gasteiger partial charge is 0.494 e. The Morgan fingerprint density at radius 3 is 2.16 bits per heavy atom. The number of aromatic amines is 1. The van der Waals surface area contributed by atoms with Gasteiger partial charge in [-0.15, -0.1) is 0 Å². The normalized spacial score (nSPS) is 18.5. The number of fused-ring (bicyclic) bond motifs is 1. The van der Waals surface area contributed by atoms with Crippen LogP contribution < -0.4 is 5.46 Å². The number of nitrogens with zero attached hydrogens (tertiary/aromatic N) is 1. The minimum Gasteiger partial charge on any atom is -0.399 e. The number of aromatic nitrogens is 1. The Labute approximate surface area is 153 Å². The first kappa shape index (κ1) is 20.0. The summed E-state index contributed by atoms with van der Waals surface area (Å²) in [6.45, 7) is 13.8. The highest BCUT2D eigenvalue weighted by Gasteiger charge is 2.51. The minimum atomic E-state index is -0.292. The van der Waals surface area contributed by atoms with Gasteiger partial charge in [0.25, 0.3) is 0 Å². The third kappa shape index (κ3) is 4.46. The zero-order valence-corrected chi connectivity index (χ0v) is 17.1. The molecule has 1 aliphatic heterocycles. The molecule has 0 radical (unpaired) electrons. The Morgan fingerprint density at radius 2 is 1.68 bits per heavy atom. The Bertz CT molecular complexity index is 691. The van der Waals surface area contributed by atoms with Crippen LogP contribution in [-0.4, -0.2) is 48.8 Å². The molecule has 0 spiro atoms. The van der Waals surface area contributed by atoms with E-state index in [9.17, 15) is 0 Å². The highest BCUT2D eigenvalue weighted by atomic mass is 16.7. The van der Waals surface area contributed by atoms with Gasteiger partial charge in [-0.3, -0.25) is 0 Å². The molecule has 0 saturated carbocycles. The molecule has 5 heteroatoms. The van der Waals surface area contributed by atoms with Crippen molar-refractivity contribution in [3.8, 4) is 0 Å². The molecule has 138 valence electrons. The summed E-state index contributed by atoms with van der Waals surface area (Å²) in [6, 6.07) is 6.31. The number of benzene rings is 1. The molecule has 1 fully saturated rings. The fourth-order valence-corrected chi connectivity index (χ4v) is 2.85. The van der Waals surface area contributed by atoms with Gasteiger partial charge < -0.3 is 19.2 Å². The molecule has 1 N–H and O–H groups in total. The molecule has 1 aromatic carbocycles. The summed E-state index contributed by atoms with van der Waals surface area (Å²) >= 11 is 0. The summed E-state index contributed by atoms with van der Waals surface area (Å²) < 4.78 is 12.2. The van der Waals surface area contributed by atoms with Crippen molar-refractivity contribution in [1.82, 2.24) is 9.88 Å². The van der Waals surface area contributed by atoms with Crippen LogP contribution in [0.2, 0.25) is 0 Å². The molecular weight excluding hydrogens is 311 g/mol. The molecule has 0 bridgehead atoms. The Hall–Kier alpha value is -1.30. The lowest BCUT2D eigenvalue weighted by Gasteiger charge is -2.32.